The lowest BCUT2D eigenvalue weighted by atomic mass is 10.2. The number of carbonyl (C=O) groups excluding carboxylic acids is 2. The maximum atomic E-state index is 12.4. The minimum absolute atomic E-state index is 0.0472. The zero-order valence-corrected chi connectivity index (χ0v) is 14.3. The van der Waals surface area contributed by atoms with Crippen LogP contribution in [0.4, 0.5) is 17.6 Å². The number of ketones is 1. The van der Waals surface area contributed by atoms with Crippen molar-refractivity contribution < 1.29 is 9.59 Å². The van der Waals surface area contributed by atoms with Gasteiger partial charge in [0.1, 0.15) is 5.82 Å². The third-order valence-electron chi connectivity index (χ3n) is 3.43. The number of nitrogens with two attached hydrogens (primary N) is 1. The Bertz CT molecular complexity index is 1090. The Hall–Kier alpha value is -3.96. The van der Waals surface area contributed by atoms with Crippen LogP contribution in [0.15, 0.2) is 33.2 Å². The van der Waals surface area contributed by atoms with E-state index in [0.29, 0.717) is 22.5 Å². The largest absolute Gasteiger partial charge is 0.368 e. The molecule has 0 saturated heterocycles. The number of azo groups is 1. The average Bonchev–Trinajstić information content (AvgIpc) is 2.93. The van der Waals surface area contributed by atoms with Crippen molar-refractivity contribution in [1.82, 2.24) is 24.9 Å². The fraction of sp³-hybridized carbons (Fsp3) is 0.200. The fourth-order valence-corrected chi connectivity index (χ4v) is 2.28. The molecule has 2 heterocycles. The molecule has 138 valence electrons. The normalized spacial score (nSPS) is 12.4. The SMILES string of the molecule is CC(=O)C(N=Nc1nc(C)nc(N)n1)C(=O)Nc1ccc2[nH]c(=O)[nH]c2c1. The van der Waals surface area contributed by atoms with Gasteiger partial charge in [0, 0.05) is 5.69 Å². The molecule has 1 aromatic carbocycles. The summed E-state index contributed by atoms with van der Waals surface area (Å²) in [6, 6.07) is 3.34. The molecule has 1 amide bonds. The molecule has 0 bridgehead atoms. The first kappa shape index (κ1) is 17.8. The molecule has 1 unspecified atom stereocenters. The third-order valence-corrected chi connectivity index (χ3v) is 3.43. The Morgan fingerprint density at radius 2 is 1.93 bits per heavy atom. The fourth-order valence-electron chi connectivity index (χ4n) is 2.28. The molecular formula is C15H15N9O3. The van der Waals surface area contributed by atoms with Crippen molar-refractivity contribution in [3.63, 3.8) is 0 Å². The summed E-state index contributed by atoms with van der Waals surface area (Å²) in [5, 5.41) is 10.00. The van der Waals surface area contributed by atoms with Gasteiger partial charge in [-0.05, 0) is 32.0 Å². The van der Waals surface area contributed by atoms with Gasteiger partial charge in [0.25, 0.3) is 11.9 Å². The van der Waals surface area contributed by atoms with Crippen LogP contribution in [0.25, 0.3) is 11.0 Å². The summed E-state index contributed by atoms with van der Waals surface area (Å²) >= 11 is 0. The van der Waals surface area contributed by atoms with E-state index in [4.69, 9.17) is 5.73 Å². The number of aryl methyl sites for hydroxylation is 1. The van der Waals surface area contributed by atoms with Crippen molar-refractivity contribution in [1.29, 1.82) is 0 Å². The van der Waals surface area contributed by atoms with Gasteiger partial charge in [-0.15, -0.1) is 5.11 Å². The molecule has 0 fully saturated rings. The van der Waals surface area contributed by atoms with Crippen LogP contribution in [0.3, 0.4) is 0 Å². The van der Waals surface area contributed by atoms with Crippen LogP contribution >= 0.6 is 0 Å². The summed E-state index contributed by atoms with van der Waals surface area (Å²) in [6.45, 7) is 2.80. The topological polar surface area (TPSA) is 184 Å². The highest BCUT2D eigenvalue weighted by atomic mass is 16.2. The van der Waals surface area contributed by atoms with E-state index in [2.05, 4.69) is 40.5 Å². The molecule has 0 saturated carbocycles. The second-order valence-corrected chi connectivity index (χ2v) is 5.60. The average molecular weight is 369 g/mol. The number of benzene rings is 1. The van der Waals surface area contributed by atoms with Gasteiger partial charge in [-0.3, -0.25) is 9.59 Å². The quantitative estimate of drug-likeness (QED) is 0.375. The predicted molar refractivity (Wildman–Crippen MR) is 95.5 cm³/mol. The first-order valence-corrected chi connectivity index (χ1v) is 7.74. The van der Waals surface area contributed by atoms with E-state index in [0.717, 1.165) is 0 Å². The highest BCUT2D eigenvalue weighted by Crippen LogP contribution is 2.16. The number of nitrogens with zero attached hydrogens (tertiary/aromatic N) is 5. The van der Waals surface area contributed by atoms with Gasteiger partial charge in [-0.1, -0.05) is 0 Å². The van der Waals surface area contributed by atoms with Crippen LogP contribution in [0.1, 0.15) is 12.7 Å². The lowest BCUT2D eigenvalue weighted by Gasteiger charge is -2.09. The number of anilines is 2. The maximum absolute atomic E-state index is 12.4. The molecule has 12 nitrogen and oxygen atoms in total. The van der Waals surface area contributed by atoms with Gasteiger partial charge in [0.15, 0.2) is 5.78 Å². The lowest BCUT2D eigenvalue weighted by molar-refractivity contribution is -0.126. The summed E-state index contributed by atoms with van der Waals surface area (Å²) in [5.74, 6) is -1.04. The third kappa shape index (κ3) is 4.18. The molecule has 27 heavy (non-hydrogen) atoms. The molecule has 5 N–H and O–H groups in total. The second kappa shape index (κ2) is 7.11. The minimum atomic E-state index is -1.40. The highest BCUT2D eigenvalue weighted by molar-refractivity contribution is 6.10. The van der Waals surface area contributed by atoms with Crippen molar-refractivity contribution in [2.75, 3.05) is 11.1 Å². The monoisotopic (exact) mass is 369 g/mol. The van der Waals surface area contributed by atoms with Gasteiger partial charge >= 0.3 is 5.69 Å². The van der Waals surface area contributed by atoms with Crippen molar-refractivity contribution in [2.24, 2.45) is 10.2 Å². The van der Waals surface area contributed by atoms with E-state index in [-0.39, 0.29) is 17.6 Å². The number of fused-ring (bicyclic) bond motifs is 1. The first-order valence-electron chi connectivity index (χ1n) is 7.74. The summed E-state index contributed by atoms with van der Waals surface area (Å²) in [7, 11) is 0. The molecule has 2 aromatic heterocycles. The molecule has 0 radical (unpaired) electrons. The Morgan fingerprint density at radius 3 is 2.63 bits per heavy atom. The number of hydrogen-bond acceptors (Lipinski definition) is 9. The van der Waals surface area contributed by atoms with Crippen molar-refractivity contribution in [2.45, 2.75) is 19.9 Å². The number of aromatic nitrogens is 5. The number of Topliss-reactive ketones (excluding diaryl/α,β-unsaturated/α-hetero) is 1. The number of hydrogen-bond donors (Lipinski definition) is 4. The standard InChI is InChI=1S/C15H15N9O3/c1-6(25)11(23-24-14-18-7(2)17-13(16)22-14)12(26)19-8-3-4-9-10(5-8)21-15(27)20-9/h3-5,11H,1-2H3,(H,19,26)(H2,20,21,27)(H2,16,17,18,22). The summed E-state index contributed by atoms with van der Waals surface area (Å²) in [5.41, 5.74) is 6.61. The Balaban J connectivity index is 1.80. The van der Waals surface area contributed by atoms with Crippen LogP contribution in [0, 0.1) is 6.92 Å². The van der Waals surface area contributed by atoms with Gasteiger partial charge < -0.3 is 21.0 Å². The zero-order chi connectivity index (χ0) is 19.6. The molecule has 1 atom stereocenters. The van der Waals surface area contributed by atoms with Crippen LogP contribution in [-0.4, -0.2) is 42.7 Å². The van der Waals surface area contributed by atoms with E-state index in [1.54, 1.807) is 25.1 Å². The van der Waals surface area contributed by atoms with E-state index < -0.39 is 17.7 Å². The number of aromatic amines is 2. The van der Waals surface area contributed by atoms with Gasteiger partial charge in [-0.25, -0.2) is 4.79 Å². The molecule has 12 heteroatoms. The van der Waals surface area contributed by atoms with Gasteiger partial charge in [-0.2, -0.15) is 20.1 Å². The number of amides is 1. The molecule has 0 aliphatic carbocycles. The number of carbonyl (C=O) groups is 2. The Labute approximate surface area is 151 Å². The van der Waals surface area contributed by atoms with Crippen LogP contribution in [-0.2, 0) is 9.59 Å². The first-order chi connectivity index (χ1) is 12.8. The lowest BCUT2D eigenvalue weighted by Crippen LogP contribution is -2.31. The minimum Gasteiger partial charge on any atom is -0.368 e. The number of H-pyrrole nitrogens is 2. The van der Waals surface area contributed by atoms with Crippen LogP contribution in [0.5, 0.6) is 0 Å². The van der Waals surface area contributed by atoms with Gasteiger partial charge in [0.2, 0.25) is 12.0 Å². The Morgan fingerprint density at radius 1 is 1.19 bits per heavy atom. The maximum Gasteiger partial charge on any atom is 0.323 e. The van der Waals surface area contributed by atoms with Crippen LogP contribution in [0.2, 0.25) is 0 Å². The number of nitrogens with one attached hydrogen (secondary N) is 3. The van der Waals surface area contributed by atoms with Crippen molar-refractivity contribution in [3.8, 4) is 0 Å². The number of imidazole rings is 1. The summed E-state index contributed by atoms with van der Waals surface area (Å²) < 4.78 is 0. The van der Waals surface area contributed by atoms with E-state index in [1.807, 2.05) is 0 Å². The van der Waals surface area contributed by atoms with Gasteiger partial charge in [0.05, 0.1) is 11.0 Å². The predicted octanol–water partition coefficient (Wildman–Crippen LogP) is 0.612. The van der Waals surface area contributed by atoms with Crippen molar-refractivity contribution >= 4 is 40.3 Å². The summed E-state index contributed by atoms with van der Waals surface area (Å²) in [6.07, 6.45) is 0. The summed E-state index contributed by atoms with van der Waals surface area (Å²) in [4.78, 5) is 52.1. The second-order valence-electron chi connectivity index (χ2n) is 5.60. The van der Waals surface area contributed by atoms with Crippen molar-refractivity contribution in [3.05, 3.63) is 34.5 Å². The number of rotatable bonds is 5. The van der Waals surface area contributed by atoms with Crippen LogP contribution < -0.4 is 16.7 Å². The van der Waals surface area contributed by atoms with E-state index in [9.17, 15) is 14.4 Å². The number of nitrogen functional groups attached to an aromatic ring is 1. The zero-order valence-electron chi connectivity index (χ0n) is 14.3. The molecular weight excluding hydrogens is 354 g/mol. The smallest absolute Gasteiger partial charge is 0.323 e. The highest BCUT2D eigenvalue weighted by Gasteiger charge is 2.23. The molecule has 0 aliphatic heterocycles. The molecule has 3 aromatic rings. The molecule has 0 spiro atoms. The molecule has 0 aliphatic rings. The molecule has 3 rings (SSSR count). The van der Waals surface area contributed by atoms with E-state index >= 15 is 0 Å². The Kier molecular flexibility index (Phi) is 4.70. The van der Waals surface area contributed by atoms with E-state index in [1.165, 1.54) is 6.92 Å².